The zero-order chi connectivity index (χ0) is 13.3. The molecule has 2 heterocycles. The van der Waals surface area contributed by atoms with Crippen LogP contribution in [-0.2, 0) is 9.53 Å². The van der Waals surface area contributed by atoms with E-state index in [-0.39, 0.29) is 17.8 Å². The van der Waals surface area contributed by atoms with Crippen molar-refractivity contribution < 1.29 is 9.53 Å². The summed E-state index contributed by atoms with van der Waals surface area (Å²) in [7, 11) is 1.43. The molecule has 0 spiro atoms. The highest BCUT2D eigenvalue weighted by Gasteiger charge is 2.36. The van der Waals surface area contributed by atoms with Crippen LogP contribution < -0.4 is 10.6 Å². The first-order valence-corrected chi connectivity index (χ1v) is 6.07. The fourth-order valence-corrected chi connectivity index (χ4v) is 2.52. The van der Waals surface area contributed by atoms with Gasteiger partial charge in [-0.15, -0.1) is 0 Å². The van der Waals surface area contributed by atoms with Crippen molar-refractivity contribution in [1.29, 1.82) is 0 Å². The second-order valence-corrected chi connectivity index (χ2v) is 4.92. The molecule has 2 N–H and O–H groups in total. The van der Waals surface area contributed by atoms with Gasteiger partial charge in [0.15, 0.2) is 0 Å². The van der Waals surface area contributed by atoms with Gasteiger partial charge in [0.2, 0.25) is 0 Å². The summed E-state index contributed by atoms with van der Waals surface area (Å²) < 4.78 is 4.83. The molecule has 2 rings (SSSR count). The third kappa shape index (κ3) is 2.25. The van der Waals surface area contributed by atoms with Crippen molar-refractivity contribution in [2.75, 3.05) is 30.8 Å². The van der Waals surface area contributed by atoms with Gasteiger partial charge in [0.05, 0.1) is 24.9 Å². The largest absolute Gasteiger partial charge is 0.469 e. The van der Waals surface area contributed by atoms with Gasteiger partial charge in [0.25, 0.3) is 0 Å². The number of carbonyl (C=O) groups excluding carboxylic acids is 1. The molecule has 1 aliphatic heterocycles. The SMILES string of the molecule is COC(=O)C1CN(c2ncc(N)cc2C)CC1C. The molecule has 0 amide bonds. The van der Waals surface area contributed by atoms with Crippen LogP contribution in [0.5, 0.6) is 0 Å². The number of pyridine rings is 1. The predicted octanol–water partition coefficient (Wildman–Crippen LogP) is 1.22. The number of methoxy groups -OCH3 is 1. The van der Waals surface area contributed by atoms with Crippen LogP contribution in [0.3, 0.4) is 0 Å². The smallest absolute Gasteiger partial charge is 0.310 e. The van der Waals surface area contributed by atoms with Crippen molar-refractivity contribution in [1.82, 2.24) is 4.98 Å². The van der Waals surface area contributed by atoms with Gasteiger partial charge in [0.1, 0.15) is 5.82 Å². The molecule has 1 saturated heterocycles. The summed E-state index contributed by atoms with van der Waals surface area (Å²) in [5.74, 6) is 0.963. The van der Waals surface area contributed by atoms with Gasteiger partial charge < -0.3 is 15.4 Å². The lowest BCUT2D eigenvalue weighted by molar-refractivity contribution is -0.145. The number of aromatic nitrogens is 1. The Morgan fingerprint density at radius 1 is 1.56 bits per heavy atom. The first-order chi connectivity index (χ1) is 8.52. The standard InChI is InChI=1S/C13H19N3O2/c1-8-4-10(14)5-15-12(8)16-6-9(2)11(7-16)13(17)18-3/h4-5,9,11H,6-7,14H2,1-3H3. The van der Waals surface area contributed by atoms with E-state index in [0.29, 0.717) is 12.2 Å². The molecule has 2 atom stereocenters. The summed E-state index contributed by atoms with van der Waals surface area (Å²) in [5, 5.41) is 0. The van der Waals surface area contributed by atoms with Crippen LogP contribution in [0, 0.1) is 18.8 Å². The molecule has 1 fully saturated rings. The maximum atomic E-state index is 11.7. The molecule has 2 unspecified atom stereocenters. The van der Waals surface area contributed by atoms with E-state index < -0.39 is 0 Å². The van der Waals surface area contributed by atoms with Crippen molar-refractivity contribution in [3.05, 3.63) is 17.8 Å². The van der Waals surface area contributed by atoms with Gasteiger partial charge >= 0.3 is 5.97 Å². The summed E-state index contributed by atoms with van der Waals surface area (Å²) in [5.41, 5.74) is 7.39. The van der Waals surface area contributed by atoms with E-state index in [2.05, 4.69) is 16.8 Å². The minimum atomic E-state index is -0.141. The van der Waals surface area contributed by atoms with Crippen LogP contribution in [0.25, 0.3) is 0 Å². The van der Waals surface area contributed by atoms with Crippen LogP contribution in [-0.4, -0.2) is 31.2 Å². The van der Waals surface area contributed by atoms with Crippen LogP contribution in [0.1, 0.15) is 12.5 Å². The maximum absolute atomic E-state index is 11.7. The molecule has 1 aliphatic rings. The Morgan fingerprint density at radius 3 is 2.89 bits per heavy atom. The molecule has 0 radical (unpaired) electrons. The van der Waals surface area contributed by atoms with Crippen molar-refractivity contribution in [2.24, 2.45) is 11.8 Å². The van der Waals surface area contributed by atoms with Gasteiger partial charge in [-0.2, -0.15) is 0 Å². The number of hydrogen-bond donors (Lipinski definition) is 1. The number of esters is 1. The molecule has 0 bridgehead atoms. The summed E-state index contributed by atoms with van der Waals surface area (Å²) in [4.78, 5) is 18.1. The lowest BCUT2D eigenvalue weighted by Gasteiger charge is -2.19. The first kappa shape index (κ1) is 12.7. The number of nitrogens with two attached hydrogens (primary N) is 1. The number of rotatable bonds is 2. The normalized spacial score (nSPS) is 23.2. The molecule has 98 valence electrons. The lowest BCUT2D eigenvalue weighted by Crippen LogP contribution is -2.25. The summed E-state index contributed by atoms with van der Waals surface area (Å²) >= 11 is 0. The number of aryl methyl sites for hydroxylation is 1. The fourth-order valence-electron chi connectivity index (χ4n) is 2.52. The number of nitrogens with zero attached hydrogens (tertiary/aromatic N) is 2. The predicted molar refractivity (Wildman–Crippen MR) is 70.3 cm³/mol. The third-order valence-corrected chi connectivity index (χ3v) is 3.49. The second-order valence-electron chi connectivity index (χ2n) is 4.92. The second kappa shape index (κ2) is 4.84. The van der Waals surface area contributed by atoms with Gasteiger partial charge in [-0.25, -0.2) is 4.98 Å². The van der Waals surface area contributed by atoms with E-state index in [1.165, 1.54) is 7.11 Å². The molecule has 1 aromatic heterocycles. The van der Waals surface area contributed by atoms with Gasteiger partial charge in [-0.05, 0) is 24.5 Å². The highest BCUT2D eigenvalue weighted by molar-refractivity contribution is 5.74. The van der Waals surface area contributed by atoms with E-state index in [1.54, 1.807) is 6.20 Å². The number of ether oxygens (including phenoxy) is 1. The Bertz CT molecular complexity index is 462. The van der Waals surface area contributed by atoms with E-state index in [9.17, 15) is 4.79 Å². The van der Waals surface area contributed by atoms with E-state index in [4.69, 9.17) is 10.5 Å². The van der Waals surface area contributed by atoms with Gasteiger partial charge in [-0.1, -0.05) is 6.92 Å². The third-order valence-electron chi connectivity index (χ3n) is 3.49. The number of carbonyl (C=O) groups is 1. The van der Waals surface area contributed by atoms with Crippen LogP contribution in [0.15, 0.2) is 12.3 Å². The highest BCUT2D eigenvalue weighted by Crippen LogP contribution is 2.29. The molecule has 5 heteroatoms. The Morgan fingerprint density at radius 2 is 2.28 bits per heavy atom. The summed E-state index contributed by atoms with van der Waals surface area (Å²) in [6, 6.07) is 1.90. The van der Waals surface area contributed by atoms with Gasteiger partial charge in [-0.3, -0.25) is 4.79 Å². The van der Waals surface area contributed by atoms with Gasteiger partial charge in [0, 0.05) is 13.1 Å². The Balaban J connectivity index is 2.19. The lowest BCUT2D eigenvalue weighted by atomic mass is 9.99. The average molecular weight is 249 g/mol. The molecular formula is C13H19N3O2. The number of anilines is 2. The maximum Gasteiger partial charge on any atom is 0.310 e. The Hall–Kier alpha value is -1.78. The molecule has 0 aromatic carbocycles. The topological polar surface area (TPSA) is 68.5 Å². The Kier molecular flexibility index (Phi) is 3.41. The molecule has 18 heavy (non-hydrogen) atoms. The van der Waals surface area contributed by atoms with Crippen molar-refractivity contribution in [3.63, 3.8) is 0 Å². The minimum absolute atomic E-state index is 0.0752. The molecule has 0 aliphatic carbocycles. The molecular weight excluding hydrogens is 230 g/mol. The zero-order valence-corrected chi connectivity index (χ0v) is 11.0. The average Bonchev–Trinajstić information content (AvgIpc) is 2.70. The van der Waals surface area contributed by atoms with Crippen molar-refractivity contribution >= 4 is 17.5 Å². The quantitative estimate of drug-likeness (QED) is 0.798. The van der Waals surface area contributed by atoms with Crippen molar-refractivity contribution in [2.45, 2.75) is 13.8 Å². The van der Waals surface area contributed by atoms with E-state index in [1.807, 2.05) is 13.0 Å². The molecule has 0 saturated carbocycles. The number of nitrogen functional groups attached to an aromatic ring is 1. The van der Waals surface area contributed by atoms with Crippen molar-refractivity contribution in [3.8, 4) is 0 Å². The molecule has 1 aromatic rings. The van der Waals surface area contributed by atoms with Crippen LogP contribution in [0.2, 0.25) is 0 Å². The van der Waals surface area contributed by atoms with Crippen LogP contribution >= 0.6 is 0 Å². The van der Waals surface area contributed by atoms with E-state index >= 15 is 0 Å². The highest BCUT2D eigenvalue weighted by atomic mass is 16.5. The zero-order valence-electron chi connectivity index (χ0n) is 11.0. The molecule has 5 nitrogen and oxygen atoms in total. The number of hydrogen-bond acceptors (Lipinski definition) is 5. The first-order valence-electron chi connectivity index (χ1n) is 6.07. The Labute approximate surface area is 107 Å². The van der Waals surface area contributed by atoms with E-state index in [0.717, 1.165) is 17.9 Å². The summed E-state index contributed by atoms with van der Waals surface area (Å²) in [6.45, 7) is 5.52. The summed E-state index contributed by atoms with van der Waals surface area (Å²) in [6.07, 6.45) is 1.65. The fraction of sp³-hybridized carbons (Fsp3) is 0.538. The minimum Gasteiger partial charge on any atom is -0.469 e. The van der Waals surface area contributed by atoms with Crippen LogP contribution in [0.4, 0.5) is 11.5 Å². The monoisotopic (exact) mass is 249 g/mol.